The summed E-state index contributed by atoms with van der Waals surface area (Å²) >= 11 is 0. The predicted molar refractivity (Wildman–Crippen MR) is 99.8 cm³/mol. The molecule has 27 heavy (non-hydrogen) atoms. The Bertz CT molecular complexity index is 729. The fraction of sp³-hybridized carbons (Fsp3) is 0.833. The zero-order valence-electron chi connectivity index (χ0n) is 16.1. The Balaban J connectivity index is 1.75. The van der Waals surface area contributed by atoms with Gasteiger partial charge in [0.05, 0.1) is 11.5 Å². The zero-order chi connectivity index (χ0) is 19.8. The molecule has 0 aromatic heterocycles. The molecule has 0 bridgehead atoms. The highest BCUT2D eigenvalue weighted by molar-refractivity contribution is 7.91. The van der Waals surface area contributed by atoms with Gasteiger partial charge in [-0.25, -0.2) is 13.2 Å². The van der Waals surface area contributed by atoms with Crippen LogP contribution in [-0.4, -0.2) is 84.2 Å². The molecule has 1 aliphatic carbocycles. The van der Waals surface area contributed by atoms with Gasteiger partial charge in [-0.1, -0.05) is 26.2 Å². The number of hydrogen-bond donors (Lipinski definition) is 0. The topological polar surface area (TPSA) is 95.1 Å². The van der Waals surface area contributed by atoms with Gasteiger partial charge in [-0.05, 0) is 25.7 Å². The van der Waals surface area contributed by atoms with E-state index >= 15 is 0 Å². The van der Waals surface area contributed by atoms with Gasteiger partial charge in [0.2, 0.25) is 5.91 Å². The van der Waals surface area contributed by atoms with Crippen LogP contribution < -0.4 is 0 Å². The number of sulfone groups is 1. The van der Waals surface area contributed by atoms with Crippen molar-refractivity contribution in [1.82, 2.24) is 14.7 Å². The smallest absolute Gasteiger partial charge is 0.327 e. The third-order valence-corrected chi connectivity index (χ3v) is 7.96. The number of hydrogen-bond acceptors (Lipinski definition) is 5. The lowest BCUT2D eigenvalue weighted by atomic mass is 9.81. The van der Waals surface area contributed by atoms with Crippen LogP contribution in [0, 0.1) is 0 Å². The molecule has 1 saturated carbocycles. The number of amides is 4. The fourth-order valence-corrected chi connectivity index (χ4v) is 6.40. The molecule has 0 radical (unpaired) electrons. The molecule has 0 aromatic carbocycles. The van der Waals surface area contributed by atoms with Gasteiger partial charge in [0.25, 0.3) is 5.91 Å². The van der Waals surface area contributed by atoms with Crippen molar-refractivity contribution in [2.24, 2.45) is 0 Å². The second-order valence-electron chi connectivity index (χ2n) is 7.97. The SMILES string of the molecule is CCCN(C(=O)CN1C(=O)N(C)C2(CCCCC2)C1=O)C1CCS(=O)(=O)C1. The molecule has 1 spiro atoms. The number of nitrogens with zero attached hydrogens (tertiary/aromatic N) is 3. The largest absolute Gasteiger partial charge is 0.337 e. The van der Waals surface area contributed by atoms with E-state index in [4.69, 9.17) is 0 Å². The average Bonchev–Trinajstić information content (AvgIpc) is 3.08. The van der Waals surface area contributed by atoms with Crippen LogP contribution >= 0.6 is 0 Å². The van der Waals surface area contributed by atoms with Crippen molar-refractivity contribution >= 4 is 27.7 Å². The predicted octanol–water partition coefficient (Wildman–Crippen LogP) is 1.01. The third kappa shape index (κ3) is 3.58. The van der Waals surface area contributed by atoms with Crippen molar-refractivity contribution in [3.8, 4) is 0 Å². The lowest BCUT2D eigenvalue weighted by Crippen LogP contribution is -2.50. The van der Waals surface area contributed by atoms with Gasteiger partial charge in [-0.2, -0.15) is 0 Å². The number of likely N-dealkylation sites (N-methyl/N-ethyl adjacent to an activating group) is 1. The minimum Gasteiger partial charge on any atom is -0.337 e. The maximum atomic E-state index is 13.0. The van der Waals surface area contributed by atoms with Crippen molar-refractivity contribution in [1.29, 1.82) is 0 Å². The van der Waals surface area contributed by atoms with Crippen LogP contribution in [0.25, 0.3) is 0 Å². The van der Waals surface area contributed by atoms with E-state index in [1.54, 1.807) is 11.9 Å². The second kappa shape index (κ2) is 7.41. The van der Waals surface area contributed by atoms with Gasteiger partial charge in [0.15, 0.2) is 9.84 Å². The molecule has 0 aromatic rings. The van der Waals surface area contributed by atoms with E-state index in [1.807, 2.05) is 6.92 Å². The van der Waals surface area contributed by atoms with Crippen LogP contribution in [-0.2, 0) is 19.4 Å². The van der Waals surface area contributed by atoms with E-state index < -0.39 is 21.4 Å². The summed E-state index contributed by atoms with van der Waals surface area (Å²) in [6.45, 7) is 2.04. The van der Waals surface area contributed by atoms with Crippen LogP contribution in [0.3, 0.4) is 0 Å². The highest BCUT2D eigenvalue weighted by Crippen LogP contribution is 2.39. The average molecular weight is 400 g/mol. The van der Waals surface area contributed by atoms with Crippen molar-refractivity contribution in [3.05, 3.63) is 0 Å². The molecule has 9 heteroatoms. The molecular weight excluding hydrogens is 370 g/mol. The maximum absolute atomic E-state index is 13.0. The number of imide groups is 1. The molecule has 1 atom stereocenters. The Morgan fingerprint density at radius 1 is 1.22 bits per heavy atom. The Morgan fingerprint density at radius 3 is 2.44 bits per heavy atom. The highest BCUT2D eigenvalue weighted by atomic mass is 32.2. The lowest BCUT2D eigenvalue weighted by Gasteiger charge is -2.35. The lowest BCUT2D eigenvalue weighted by molar-refractivity contribution is -0.141. The van der Waals surface area contributed by atoms with E-state index in [9.17, 15) is 22.8 Å². The molecule has 2 heterocycles. The minimum absolute atomic E-state index is 0.0372. The number of carbonyl (C=O) groups excluding carboxylic acids is 3. The molecule has 152 valence electrons. The van der Waals surface area contributed by atoms with Gasteiger partial charge >= 0.3 is 6.03 Å². The summed E-state index contributed by atoms with van der Waals surface area (Å²) in [6.07, 6.45) is 5.22. The Labute approximate surface area is 160 Å². The molecule has 4 amide bonds. The summed E-state index contributed by atoms with van der Waals surface area (Å²) in [4.78, 5) is 42.8. The number of carbonyl (C=O) groups is 3. The molecule has 3 fully saturated rings. The number of rotatable bonds is 5. The standard InChI is InChI=1S/C18H29N3O5S/c1-3-10-20(14-7-11-27(25,26)13-14)15(22)12-21-16(23)18(19(2)17(21)24)8-5-4-6-9-18/h14H,3-13H2,1-2H3. The molecular formula is C18H29N3O5S. The van der Waals surface area contributed by atoms with Gasteiger partial charge < -0.3 is 9.80 Å². The Kier molecular flexibility index (Phi) is 5.52. The van der Waals surface area contributed by atoms with E-state index in [2.05, 4.69) is 0 Å². The van der Waals surface area contributed by atoms with Crippen LogP contribution in [0.2, 0.25) is 0 Å². The molecule has 2 saturated heterocycles. The van der Waals surface area contributed by atoms with Gasteiger partial charge in [0.1, 0.15) is 12.1 Å². The first-order chi connectivity index (χ1) is 12.7. The summed E-state index contributed by atoms with van der Waals surface area (Å²) in [5, 5.41) is 0. The van der Waals surface area contributed by atoms with Crippen LogP contribution in [0.1, 0.15) is 51.9 Å². The van der Waals surface area contributed by atoms with Gasteiger partial charge in [-0.3, -0.25) is 14.5 Å². The molecule has 8 nitrogen and oxygen atoms in total. The molecule has 0 N–H and O–H groups in total. The van der Waals surface area contributed by atoms with Crippen molar-refractivity contribution in [2.45, 2.75) is 63.5 Å². The van der Waals surface area contributed by atoms with Crippen molar-refractivity contribution in [3.63, 3.8) is 0 Å². The Hall–Kier alpha value is -1.64. The summed E-state index contributed by atoms with van der Waals surface area (Å²) in [7, 11) is -1.48. The summed E-state index contributed by atoms with van der Waals surface area (Å²) in [6, 6.07) is -0.789. The first-order valence-corrected chi connectivity index (χ1v) is 11.6. The quantitative estimate of drug-likeness (QED) is 0.643. The normalized spacial score (nSPS) is 26.8. The van der Waals surface area contributed by atoms with E-state index in [0.717, 1.165) is 24.2 Å². The highest BCUT2D eigenvalue weighted by Gasteiger charge is 2.56. The van der Waals surface area contributed by atoms with E-state index in [-0.39, 0.29) is 35.9 Å². The maximum Gasteiger partial charge on any atom is 0.327 e. The summed E-state index contributed by atoms with van der Waals surface area (Å²) in [5.74, 6) is -0.580. The van der Waals surface area contributed by atoms with E-state index in [1.165, 1.54) is 4.90 Å². The van der Waals surface area contributed by atoms with Crippen LogP contribution in [0.4, 0.5) is 4.79 Å². The van der Waals surface area contributed by atoms with Crippen molar-refractivity contribution < 1.29 is 22.8 Å². The first-order valence-electron chi connectivity index (χ1n) is 9.81. The Morgan fingerprint density at radius 2 is 1.89 bits per heavy atom. The van der Waals surface area contributed by atoms with Crippen LogP contribution in [0.5, 0.6) is 0 Å². The summed E-state index contributed by atoms with van der Waals surface area (Å²) in [5.41, 5.74) is -0.804. The monoisotopic (exact) mass is 399 g/mol. The minimum atomic E-state index is -3.12. The van der Waals surface area contributed by atoms with Crippen molar-refractivity contribution in [2.75, 3.05) is 31.6 Å². The molecule has 2 aliphatic heterocycles. The second-order valence-corrected chi connectivity index (χ2v) is 10.2. The number of urea groups is 1. The molecule has 3 rings (SSSR count). The van der Waals surface area contributed by atoms with E-state index in [0.29, 0.717) is 32.2 Å². The first kappa shape index (κ1) is 20.1. The summed E-state index contributed by atoms with van der Waals surface area (Å²) < 4.78 is 23.6. The fourth-order valence-electron chi connectivity index (χ4n) is 4.67. The van der Waals surface area contributed by atoms with Gasteiger partial charge in [0, 0.05) is 19.6 Å². The zero-order valence-corrected chi connectivity index (χ0v) is 17.0. The molecule has 3 aliphatic rings. The third-order valence-electron chi connectivity index (χ3n) is 6.21. The van der Waals surface area contributed by atoms with Crippen LogP contribution in [0.15, 0.2) is 0 Å². The van der Waals surface area contributed by atoms with Gasteiger partial charge in [-0.15, -0.1) is 0 Å². The molecule has 1 unspecified atom stereocenters.